The fourth-order valence-electron chi connectivity index (χ4n) is 2.19. The van der Waals surface area contributed by atoms with Crippen molar-refractivity contribution in [1.29, 1.82) is 0 Å². The molecule has 0 amide bonds. The van der Waals surface area contributed by atoms with Crippen LogP contribution < -0.4 is 10.6 Å². The molecule has 1 fully saturated rings. The van der Waals surface area contributed by atoms with Gasteiger partial charge in [0.15, 0.2) is 0 Å². The minimum absolute atomic E-state index is 0.0323. The summed E-state index contributed by atoms with van der Waals surface area (Å²) in [6.45, 7) is 6.80. The highest BCUT2D eigenvalue weighted by molar-refractivity contribution is 5.48. The number of hydrogen-bond acceptors (Lipinski definition) is 6. The molecule has 21 heavy (non-hydrogen) atoms. The molecular weight excluding hydrogens is 266 g/mol. The van der Waals surface area contributed by atoms with Crippen LogP contribution in [0.5, 0.6) is 0 Å². The number of hydrogen-bond donors (Lipinski definition) is 2. The molecule has 1 aliphatic carbocycles. The first-order valence-corrected chi connectivity index (χ1v) is 7.47. The van der Waals surface area contributed by atoms with Crippen LogP contribution in [0.1, 0.15) is 56.1 Å². The number of aryl methyl sites for hydroxylation is 1. The van der Waals surface area contributed by atoms with Crippen molar-refractivity contribution in [1.82, 2.24) is 15.0 Å². The SMILES string of the molecule is CCNc1cc(NC(C)c2ncc(C)o2)nc(C2CC2)n1. The summed E-state index contributed by atoms with van der Waals surface area (Å²) in [6.07, 6.45) is 4.10. The molecule has 2 N–H and O–H groups in total. The summed E-state index contributed by atoms with van der Waals surface area (Å²) in [7, 11) is 0. The first-order valence-electron chi connectivity index (χ1n) is 7.47. The summed E-state index contributed by atoms with van der Waals surface area (Å²) in [5.41, 5.74) is 0. The van der Waals surface area contributed by atoms with Gasteiger partial charge in [-0.2, -0.15) is 0 Å². The lowest BCUT2D eigenvalue weighted by Crippen LogP contribution is -2.11. The predicted octanol–water partition coefficient (Wildman–Crippen LogP) is 3.26. The Morgan fingerprint density at radius 3 is 2.71 bits per heavy atom. The minimum Gasteiger partial charge on any atom is -0.444 e. The molecule has 1 unspecified atom stereocenters. The van der Waals surface area contributed by atoms with E-state index in [0.717, 1.165) is 29.8 Å². The Kier molecular flexibility index (Phi) is 3.77. The lowest BCUT2D eigenvalue weighted by atomic mass is 10.3. The third-order valence-corrected chi connectivity index (χ3v) is 3.42. The van der Waals surface area contributed by atoms with Gasteiger partial charge in [0.05, 0.1) is 6.20 Å². The first-order chi connectivity index (χ1) is 10.2. The Morgan fingerprint density at radius 2 is 2.10 bits per heavy atom. The summed E-state index contributed by atoms with van der Waals surface area (Å²) >= 11 is 0. The molecule has 6 heteroatoms. The number of nitrogens with one attached hydrogen (secondary N) is 2. The summed E-state index contributed by atoms with van der Waals surface area (Å²) in [5, 5.41) is 6.60. The van der Waals surface area contributed by atoms with Crippen molar-refractivity contribution in [3.8, 4) is 0 Å². The normalized spacial score (nSPS) is 15.8. The van der Waals surface area contributed by atoms with Gasteiger partial charge in [0.1, 0.15) is 29.3 Å². The number of nitrogens with zero attached hydrogens (tertiary/aromatic N) is 3. The van der Waals surface area contributed by atoms with Crippen molar-refractivity contribution >= 4 is 11.6 Å². The van der Waals surface area contributed by atoms with Gasteiger partial charge in [-0.1, -0.05) is 0 Å². The van der Waals surface area contributed by atoms with E-state index in [2.05, 4.69) is 32.5 Å². The molecular formula is C15H21N5O. The van der Waals surface area contributed by atoms with Crippen molar-refractivity contribution in [2.24, 2.45) is 0 Å². The number of oxazole rings is 1. The lowest BCUT2D eigenvalue weighted by molar-refractivity contribution is 0.453. The smallest absolute Gasteiger partial charge is 0.216 e. The second-order valence-corrected chi connectivity index (χ2v) is 5.48. The van der Waals surface area contributed by atoms with Gasteiger partial charge >= 0.3 is 0 Å². The second-order valence-electron chi connectivity index (χ2n) is 5.48. The van der Waals surface area contributed by atoms with E-state index in [1.54, 1.807) is 6.20 Å². The van der Waals surface area contributed by atoms with Gasteiger partial charge in [-0.3, -0.25) is 0 Å². The van der Waals surface area contributed by atoms with Crippen LogP contribution in [0.2, 0.25) is 0 Å². The van der Waals surface area contributed by atoms with Crippen LogP contribution in [-0.4, -0.2) is 21.5 Å². The molecule has 1 atom stereocenters. The number of aromatic nitrogens is 3. The van der Waals surface area contributed by atoms with Gasteiger partial charge in [-0.05, 0) is 33.6 Å². The first kappa shape index (κ1) is 13.9. The van der Waals surface area contributed by atoms with Crippen LogP contribution in [0.3, 0.4) is 0 Å². The maximum atomic E-state index is 5.55. The van der Waals surface area contributed by atoms with E-state index in [0.29, 0.717) is 11.8 Å². The predicted molar refractivity (Wildman–Crippen MR) is 81.4 cm³/mol. The quantitative estimate of drug-likeness (QED) is 0.849. The molecule has 6 nitrogen and oxygen atoms in total. The van der Waals surface area contributed by atoms with Crippen LogP contribution >= 0.6 is 0 Å². The van der Waals surface area contributed by atoms with Crippen LogP contribution in [0.25, 0.3) is 0 Å². The van der Waals surface area contributed by atoms with E-state index >= 15 is 0 Å². The molecule has 0 radical (unpaired) electrons. The van der Waals surface area contributed by atoms with E-state index in [9.17, 15) is 0 Å². The third-order valence-electron chi connectivity index (χ3n) is 3.42. The molecule has 0 spiro atoms. The van der Waals surface area contributed by atoms with Crippen molar-refractivity contribution in [2.75, 3.05) is 17.2 Å². The van der Waals surface area contributed by atoms with E-state index in [4.69, 9.17) is 4.42 Å². The molecule has 0 aliphatic heterocycles. The number of anilines is 2. The summed E-state index contributed by atoms with van der Waals surface area (Å²) in [5.74, 6) is 4.60. The average molecular weight is 287 g/mol. The Morgan fingerprint density at radius 1 is 1.33 bits per heavy atom. The molecule has 2 aromatic rings. The molecule has 0 aromatic carbocycles. The molecule has 0 bridgehead atoms. The largest absolute Gasteiger partial charge is 0.444 e. The van der Waals surface area contributed by atoms with Crippen LogP contribution in [0.4, 0.5) is 11.6 Å². The van der Waals surface area contributed by atoms with Crippen LogP contribution in [0, 0.1) is 6.92 Å². The molecule has 1 aliphatic rings. The Bertz CT molecular complexity index is 620. The zero-order chi connectivity index (χ0) is 14.8. The molecule has 3 rings (SSSR count). The highest BCUT2D eigenvalue weighted by Gasteiger charge is 2.27. The monoisotopic (exact) mass is 287 g/mol. The number of rotatable bonds is 6. The topological polar surface area (TPSA) is 75.9 Å². The summed E-state index contributed by atoms with van der Waals surface area (Å²) in [4.78, 5) is 13.4. The van der Waals surface area contributed by atoms with E-state index in [-0.39, 0.29) is 6.04 Å². The summed E-state index contributed by atoms with van der Waals surface area (Å²) < 4.78 is 5.55. The molecule has 0 saturated heterocycles. The van der Waals surface area contributed by atoms with Crippen molar-refractivity contribution < 1.29 is 4.42 Å². The van der Waals surface area contributed by atoms with Gasteiger partial charge in [-0.15, -0.1) is 0 Å². The molecule has 112 valence electrons. The Balaban J connectivity index is 1.80. The molecule has 2 aromatic heterocycles. The van der Waals surface area contributed by atoms with Crippen molar-refractivity contribution in [3.05, 3.63) is 29.7 Å². The standard InChI is InChI=1S/C15H21N5O/c1-4-16-12-7-13(20-14(19-12)11-5-6-11)18-10(3)15-17-8-9(2)21-15/h7-8,10-11H,4-6H2,1-3H3,(H2,16,18,19,20). The van der Waals surface area contributed by atoms with Gasteiger partial charge in [-0.25, -0.2) is 15.0 Å². The fourth-order valence-corrected chi connectivity index (χ4v) is 2.19. The van der Waals surface area contributed by atoms with E-state index in [1.165, 1.54) is 12.8 Å². The molecule has 2 heterocycles. The second kappa shape index (κ2) is 5.71. The highest BCUT2D eigenvalue weighted by atomic mass is 16.4. The third kappa shape index (κ3) is 3.32. The Labute approximate surface area is 124 Å². The maximum Gasteiger partial charge on any atom is 0.216 e. The maximum absolute atomic E-state index is 5.55. The Hall–Kier alpha value is -2.11. The fraction of sp³-hybridized carbons (Fsp3) is 0.533. The lowest BCUT2D eigenvalue weighted by Gasteiger charge is -2.13. The van der Waals surface area contributed by atoms with Crippen LogP contribution in [-0.2, 0) is 0 Å². The van der Waals surface area contributed by atoms with E-state index in [1.807, 2.05) is 19.9 Å². The van der Waals surface area contributed by atoms with Gasteiger partial charge in [0.25, 0.3) is 0 Å². The van der Waals surface area contributed by atoms with Gasteiger partial charge < -0.3 is 15.1 Å². The van der Waals surface area contributed by atoms with Gasteiger partial charge in [0.2, 0.25) is 5.89 Å². The minimum atomic E-state index is -0.0323. The zero-order valence-electron chi connectivity index (χ0n) is 12.7. The molecule has 1 saturated carbocycles. The highest BCUT2D eigenvalue weighted by Crippen LogP contribution is 2.39. The average Bonchev–Trinajstić information content (AvgIpc) is 3.21. The van der Waals surface area contributed by atoms with Gasteiger partial charge in [0, 0.05) is 18.5 Å². The zero-order valence-corrected chi connectivity index (χ0v) is 12.7. The van der Waals surface area contributed by atoms with E-state index < -0.39 is 0 Å². The van der Waals surface area contributed by atoms with Crippen molar-refractivity contribution in [2.45, 2.75) is 45.6 Å². The van der Waals surface area contributed by atoms with Crippen LogP contribution in [0.15, 0.2) is 16.7 Å². The summed E-state index contributed by atoms with van der Waals surface area (Å²) in [6, 6.07) is 1.90. The van der Waals surface area contributed by atoms with Crippen molar-refractivity contribution in [3.63, 3.8) is 0 Å².